The van der Waals surface area contributed by atoms with E-state index in [1.807, 2.05) is 6.92 Å². The molecule has 1 aromatic rings. The molecule has 0 radical (unpaired) electrons. The zero-order valence-corrected chi connectivity index (χ0v) is 12.2. The van der Waals surface area contributed by atoms with Gasteiger partial charge >= 0.3 is 0 Å². The number of nitrogens with zero attached hydrogens (tertiary/aromatic N) is 1. The summed E-state index contributed by atoms with van der Waals surface area (Å²) in [5.41, 5.74) is 6.33. The lowest BCUT2D eigenvalue weighted by molar-refractivity contribution is 0.165. The number of rotatable bonds is 3. The fourth-order valence-corrected chi connectivity index (χ4v) is 2.59. The Morgan fingerprint density at radius 1 is 1.20 bits per heavy atom. The first-order chi connectivity index (χ1) is 8.97. The van der Waals surface area contributed by atoms with Crippen LogP contribution in [-0.2, 0) is 6.54 Å². The van der Waals surface area contributed by atoms with Crippen LogP contribution in [0.2, 0.25) is 0 Å². The number of benzene rings is 1. The van der Waals surface area contributed by atoms with Crippen LogP contribution in [0, 0.1) is 23.4 Å². The molecule has 114 valence electrons. The van der Waals surface area contributed by atoms with Crippen molar-refractivity contribution in [2.45, 2.75) is 32.4 Å². The summed E-state index contributed by atoms with van der Waals surface area (Å²) in [6, 6.07) is 2.31. The fraction of sp³-hybridized carbons (Fsp3) is 0.571. The van der Waals surface area contributed by atoms with Gasteiger partial charge in [0, 0.05) is 12.6 Å². The molecule has 1 unspecified atom stereocenters. The third-order valence-corrected chi connectivity index (χ3v) is 3.83. The Balaban J connectivity index is 0.00000200. The highest BCUT2D eigenvalue weighted by Gasteiger charge is 2.22. The van der Waals surface area contributed by atoms with Gasteiger partial charge in [-0.05, 0) is 56.5 Å². The molecule has 1 fully saturated rings. The van der Waals surface area contributed by atoms with Gasteiger partial charge in [-0.1, -0.05) is 0 Å². The highest BCUT2D eigenvalue weighted by atomic mass is 35.5. The van der Waals surface area contributed by atoms with Crippen LogP contribution < -0.4 is 5.73 Å². The lowest BCUT2D eigenvalue weighted by Gasteiger charge is -2.33. The highest BCUT2D eigenvalue weighted by molar-refractivity contribution is 5.85. The number of nitrogens with two attached hydrogens (primary N) is 1. The number of likely N-dealkylation sites (tertiary alicyclic amines) is 1. The Morgan fingerprint density at radius 3 is 2.15 bits per heavy atom. The first kappa shape index (κ1) is 17.3. The molecule has 0 amide bonds. The minimum atomic E-state index is -1.40. The van der Waals surface area contributed by atoms with Crippen molar-refractivity contribution in [1.82, 2.24) is 4.90 Å². The molecule has 20 heavy (non-hydrogen) atoms. The molecule has 2 N–H and O–H groups in total. The topological polar surface area (TPSA) is 29.3 Å². The van der Waals surface area contributed by atoms with E-state index in [0.29, 0.717) is 18.0 Å². The Morgan fingerprint density at radius 2 is 1.70 bits per heavy atom. The van der Waals surface area contributed by atoms with Crippen LogP contribution >= 0.6 is 12.4 Å². The second-order valence-electron chi connectivity index (χ2n) is 5.35. The average Bonchev–Trinajstić information content (AvgIpc) is 2.36. The van der Waals surface area contributed by atoms with Gasteiger partial charge in [0.25, 0.3) is 0 Å². The molecule has 2 nitrogen and oxygen atoms in total. The van der Waals surface area contributed by atoms with Gasteiger partial charge in [-0.3, -0.25) is 4.90 Å². The molecule has 1 aromatic carbocycles. The summed E-state index contributed by atoms with van der Waals surface area (Å²) in [5, 5.41) is 0. The summed E-state index contributed by atoms with van der Waals surface area (Å²) in [6.07, 6.45) is 1.98. The molecule has 1 aliphatic rings. The summed E-state index contributed by atoms with van der Waals surface area (Å²) >= 11 is 0. The summed E-state index contributed by atoms with van der Waals surface area (Å²) in [5.74, 6) is -3.14. The van der Waals surface area contributed by atoms with Gasteiger partial charge in [0.1, 0.15) is 0 Å². The van der Waals surface area contributed by atoms with E-state index in [1.165, 1.54) is 0 Å². The van der Waals surface area contributed by atoms with Crippen molar-refractivity contribution in [3.63, 3.8) is 0 Å². The third-order valence-electron chi connectivity index (χ3n) is 3.83. The Bertz CT molecular complexity index is 423. The molecule has 0 aromatic heterocycles. The van der Waals surface area contributed by atoms with E-state index in [2.05, 4.69) is 4.90 Å². The van der Waals surface area contributed by atoms with Crippen molar-refractivity contribution in [1.29, 1.82) is 0 Å². The molecule has 0 spiro atoms. The molecule has 2 rings (SSSR count). The molecule has 0 saturated carbocycles. The van der Waals surface area contributed by atoms with Gasteiger partial charge in [-0.25, -0.2) is 13.2 Å². The van der Waals surface area contributed by atoms with E-state index >= 15 is 0 Å². The quantitative estimate of drug-likeness (QED) is 0.870. The summed E-state index contributed by atoms with van der Waals surface area (Å²) < 4.78 is 39.1. The smallest absolute Gasteiger partial charge is 0.194 e. The van der Waals surface area contributed by atoms with Crippen LogP contribution in [0.1, 0.15) is 25.3 Å². The number of halogens is 4. The van der Waals surface area contributed by atoms with E-state index in [-0.39, 0.29) is 18.4 Å². The lowest BCUT2D eigenvalue weighted by Crippen LogP contribution is -2.39. The van der Waals surface area contributed by atoms with E-state index < -0.39 is 17.5 Å². The highest BCUT2D eigenvalue weighted by Crippen LogP contribution is 2.22. The second kappa shape index (κ2) is 7.29. The van der Waals surface area contributed by atoms with Gasteiger partial charge in [0.05, 0.1) is 0 Å². The van der Waals surface area contributed by atoms with Gasteiger partial charge in [-0.15, -0.1) is 12.4 Å². The zero-order valence-electron chi connectivity index (χ0n) is 11.4. The molecule has 0 aliphatic carbocycles. The van der Waals surface area contributed by atoms with Crippen molar-refractivity contribution in [2.24, 2.45) is 11.7 Å². The Kier molecular flexibility index (Phi) is 6.30. The lowest BCUT2D eigenvalue weighted by atomic mass is 9.91. The normalized spacial score (nSPS) is 18.6. The molecule has 1 heterocycles. The number of hydrogen-bond donors (Lipinski definition) is 1. The van der Waals surface area contributed by atoms with Gasteiger partial charge in [0.15, 0.2) is 17.5 Å². The molecule has 6 heteroatoms. The molecule has 0 bridgehead atoms. The van der Waals surface area contributed by atoms with Crippen LogP contribution in [-0.4, -0.2) is 24.0 Å². The first-order valence-corrected chi connectivity index (χ1v) is 6.58. The summed E-state index contributed by atoms with van der Waals surface area (Å²) in [4.78, 5) is 2.12. The van der Waals surface area contributed by atoms with E-state index in [9.17, 15) is 13.2 Å². The average molecular weight is 309 g/mol. The summed E-state index contributed by atoms with van der Waals surface area (Å²) in [7, 11) is 0. The van der Waals surface area contributed by atoms with E-state index in [0.717, 1.165) is 38.1 Å². The maximum Gasteiger partial charge on any atom is 0.194 e. The predicted molar refractivity (Wildman–Crippen MR) is 75.2 cm³/mol. The third kappa shape index (κ3) is 4.11. The SMILES string of the molecule is CC(N)C1CCN(Cc2cc(F)c(F)c(F)c2)CC1.Cl. The fourth-order valence-electron chi connectivity index (χ4n) is 2.59. The predicted octanol–water partition coefficient (Wildman–Crippen LogP) is 3.08. The van der Waals surface area contributed by atoms with Crippen molar-refractivity contribution in [3.05, 3.63) is 35.1 Å². The van der Waals surface area contributed by atoms with Crippen molar-refractivity contribution in [3.8, 4) is 0 Å². The van der Waals surface area contributed by atoms with Crippen LogP contribution in [0.4, 0.5) is 13.2 Å². The first-order valence-electron chi connectivity index (χ1n) is 6.58. The summed E-state index contributed by atoms with van der Waals surface area (Å²) in [6.45, 7) is 4.16. The molecular weight excluding hydrogens is 289 g/mol. The van der Waals surface area contributed by atoms with Gasteiger partial charge in [-0.2, -0.15) is 0 Å². The Hall–Kier alpha value is -0.780. The molecule has 1 saturated heterocycles. The van der Waals surface area contributed by atoms with Gasteiger partial charge < -0.3 is 5.73 Å². The van der Waals surface area contributed by atoms with Crippen molar-refractivity contribution in [2.75, 3.05) is 13.1 Å². The molecule has 1 aliphatic heterocycles. The van der Waals surface area contributed by atoms with Crippen LogP contribution in [0.5, 0.6) is 0 Å². The second-order valence-corrected chi connectivity index (χ2v) is 5.35. The zero-order chi connectivity index (χ0) is 14.0. The molecule has 1 atom stereocenters. The van der Waals surface area contributed by atoms with E-state index in [4.69, 9.17) is 5.73 Å². The maximum absolute atomic E-state index is 13.1. The van der Waals surface area contributed by atoms with Crippen LogP contribution in [0.25, 0.3) is 0 Å². The largest absolute Gasteiger partial charge is 0.328 e. The minimum Gasteiger partial charge on any atom is -0.328 e. The molecular formula is C14H20ClF3N2. The van der Waals surface area contributed by atoms with Crippen LogP contribution in [0.15, 0.2) is 12.1 Å². The van der Waals surface area contributed by atoms with Crippen molar-refractivity contribution < 1.29 is 13.2 Å². The number of hydrogen-bond acceptors (Lipinski definition) is 2. The van der Waals surface area contributed by atoms with Gasteiger partial charge in [0.2, 0.25) is 0 Å². The minimum absolute atomic E-state index is 0. The van der Waals surface area contributed by atoms with E-state index in [1.54, 1.807) is 0 Å². The monoisotopic (exact) mass is 308 g/mol. The standard InChI is InChI=1S/C14H19F3N2.ClH/c1-9(18)11-2-4-19(5-3-11)8-10-6-12(15)14(17)13(16)7-10;/h6-7,9,11H,2-5,8,18H2,1H3;1H. The maximum atomic E-state index is 13.1. The Labute approximate surface area is 123 Å². The van der Waals surface area contributed by atoms with Crippen LogP contribution in [0.3, 0.4) is 0 Å². The number of piperidine rings is 1. The van der Waals surface area contributed by atoms with Crippen molar-refractivity contribution >= 4 is 12.4 Å².